The summed E-state index contributed by atoms with van der Waals surface area (Å²) in [6.07, 6.45) is 15.1. The van der Waals surface area contributed by atoms with Gasteiger partial charge in [-0.1, -0.05) is 47.6 Å². The number of hydrogen-bond acceptors (Lipinski definition) is 0. The predicted molar refractivity (Wildman–Crippen MR) is 55.0 cm³/mol. The topological polar surface area (TPSA) is 0 Å². The fraction of sp³-hybridized carbons (Fsp3) is 0.333. The van der Waals surface area contributed by atoms with Crippen molar-refractivity contribution in [2.24, 2.45) is 0 Å². The fourth-order valence-corrected chi connectivity index (χ4v) is 1.11. The largest absolute Gasteiger partial charge is 0.0805 e. The molecule has 2 aliphatic carbocycles. The summed E-state index contributed by atoms with van der Waals surface area (Å²) in [5.41, 5.74) is 2.94. The smallest absolute Gasteiger partial charge is 0.0135 e. The summed E-state index contributed by atoms with van der Waals surface area (Å²) in [7, 11) is 0. The molecule has 0 fully saturated rings. The Labute approximate surface area is 75.0 Å². The van der Waals surface area contributed by atoms with E-state index in [2.05, 4.69) is 50.3 Å². The molecule has 0 heteroatoms. The number of allylic oxidation sites excluding steroid dienone is 8. The van der Waals surface area contributed by atoms with Crippen LogP contribution in [0, 0.1) is 0 Å². The average molecular weight is 160 g/mol. The van der Waals surface area contributed by atoms with Gasteiger partial charge in [-0.3, -0.25) is 0 Å². The maximum Gasteiger partial charge on any atom is -0.0135 e. The Morgan fingerprint density at radius 3 is 1.33 bits per heavy atom. The molecule has 0 aromatic carbocycles. The molecular weight excluding hydrogens is 144 g/mol. The second-order valence-corrected chi connectivity index (χ2v) is 3.29. The van der Waals surface area contributed by atoms with Crippen LogP contribution in [0.25, 0.3) is 0 Å². The van der Waals surface area contributed by atoms with Gasteiger partial charge in [0.2, 0.25) is 0 Å². The zero-order valence-corrected chi connectivity index (χ0v) is 7.88. The van der Waals surface area contributed by atoms with Crippen molar-refractivity contribution in [1.82, 2.24) is 0 Å². The maximum absolute atomic E-state index is 2.16. The number of hydrogen-bond donors (Lipinski definition) is 0. The molecule has 2 rings (SSSR count). The molecule has 0 atom stereocenters. The Morgan fingerprint density at radius 1 is 0.833 bits per heavy atom. The third-order valence-corrected chi connectivity index (χ3v) is 1.91. The van der Waals surface area contributed by atoms with Crippen LogP contribution in [-0.2, 0) is 0 Å². The van der Waals surface area contributed by atoms with E-state index in [-0.39, 0.29) is 0 Å². The van der Waals surface area contributed by atoms with Gasteiger partial charge in [0.1, 0.15) is 0 Å². The van der Waals surface area contributed by atoms with E-state index in [0.717, 1.165) is 0 Å². The molecule has 0 saturated heterocycles. The van der Waals surface area contributed by atoms with Gasteiger partial charge in [0.15, 0.2) is 0 Å². The van der Waals surface area contributed by atoms with Crippen molar-refractivity contribution < 1.29 is 0 Å². The summed E-state index contributed by atoms with van der Waals surface area (Å²) in [5.74, 6) is 0. The summed E-state index contributed by atoms with van der Waals surface area (Å²) in [6.45, 7) is 4.28. The van der Waals surface area contributed by atoms with E-state index < -0.39 is 0 Å². The number of rotatable bonds is 0. The first-order valence-corrected chi connectivity index (χ1v) is 4.43. The van der Waals surface area contributed by atoms with Crippen molar-refractivity contribution in [3.8, 4) is 0 Å². The maximum atomic E-state index is 2.16. The molecule has 0 heterocycles. The first kappa shape index (κ1) is 9.05. The molecule has 0 bridgehead atoms. The van der Waals surface area contributed by atoms with Crippen molar-refractivity contribution in [1.29, 1.82) is 0 Å². The zero-order chi connectivity index (χ0) is 8.81. The predicted octanol–water partition coefficient (Wildman–Crippen LogP) is 3.79. The van der Waals surface area contributed by atoms with Gasteiger partial charge in [0.25, 0.3) is 0 Å². The monoisotopic (exact) mass is 160 g/mol. The summed E-state index contributed by atoms with van der Waals surface area (Å²) in [6, 6.07) is 0. The highest BCUT2D eigenvalue weighted by Crippen LogP contribution is 2.07. The Hall–Kier alpha value is -1.04. The van der Waals surface area contributed by atoms with Crippen LogP contribution in [0.3, 0.4) is 0 Å². The summed E-state index contributed by atoms with van der Waals surface area (Å²) in [5, 5.41) is 0. The minimum atomic E-state index is 1.17. The van der Waals surface area contributed by atoms with Gasteiger partial charge in [-0.2, -0.15) is 0 Å². The van der Waals surface area contributed by atoms with Crippen LogP contribution in [-0.4, -0.2) is 0 Å². The Kier molecular flexibility index (Phi) is 3.59. The molecule has 0 spiro atoms. The highest BCUT2D eigenvalue weighted by Gasteiger charge is 1.86. The van der Waals surface area contributed by atoms with Crippen molar-refractivity contribution >= 4 is 0 Å². The van der Waals surface area contributed by atoms with Gasteiger partial charge >= 0.3 is 0 Å². The lowest BCUT2D eigenvalue weighted by Crippen LogP contribution is -1.58. The van der Waals surface area contributed by atoms with Crippen molar-refractivity contribution in [2.75, 3.05) is 0 Å². The molecule has 0 aromatic heterocycles. The van der Waals surface area contributed by atoms with Crippen molar-refractivity contribution in [3.05, 3.63) is 47.6 Å². The van der Waals surface area contributed by atoms with Crippen molar-refractivity contribution in [3.63, 3.8) is 0 Å². The lowest BCUT2D eigenvalue weighted by atomic mass is 10.3. The molecular formula is C12H16. The molecule has 0 amide bonds. The van der Waals surface area contributed by atoms with Crippen LogP contribution in [0.1, 0.15) is 26.7 Å². The molecule has 12 heavy (non-hydrogen) atoms. The van der Waals surface area contributed by atoms with Gasteiger partial charge < -0.3 is 0 Å². The van der Waals surface area contributed by atoms with Crippen LogP contribution in [0.4, 0.5) is 0 Å². The average Bonchev–Trinajstić information content (AvgIpc) is 2.63. The van der Waals surface area contributed by atoms with Crippen molar-refractivity contribution in [2.45, 2.75) is 26.7 Å². The second kappa shape index (κ2) is 4.76. The molecule has 0 N–H and O–H groups in total. The normalized spacial score (nSPS) is 18.5. The first-order chi connectivity index (χ1) is 5.79. The highest BCUT2D eigenvalue weighted by atomic mass is 13.9. The molecule has 0 saturated carbocycles. The first-order valence-electron chi connectivity index (χ1n) is 4.43. The second-order valence-electron chi connectivity index (χ2n) is 3.29. The molecule has 0 nitrogen and oxygen atoms in total. The van der Waals surface area contributed by atoms with Gasteiger partial charge in [-0.25, -0.2) is 0 Å². The van der Waals surface area contributed by atoms with E-state index in [1.807, 2.05) is 0 Å². The summed E-state index contributed by atoms with van der Waals surface area (Å²) in [4.78, 5) is 0. The van der Waals surface area contributed by atoms with E-state index in [4.69, 9.17) is 0 Å². The van der Waals surface area contributed by atoms with E-state index in [0.29, 0.717) is 0 Å². The van der Waals surface area contributed by atoms with E-state index in [1.165, 1.54) is 24.0 Å². The van der Waals surface area contributed by atoms with Gasteiger partial charge in [-0.15, -0.1) is 0 Å². The molecule has 0 aromatic rings. The molecule has 0 radical (unpaired) electrons. The van der Waals surface area contributed by atoms with Crippen LogP contribution in [0.2, 0.25) is 0 Å². The summed E-state index contributed by atoms with van der Waals surface area (Å²) < 4.78 is 0. The van der Waals surface area contributed by atoms with Crippen LogP contribution in [0.5, 0.6) is 0 Å². The Balaban J connectivity index is 0.000000120. The van der Waals surface area contributed by atoms with Crippen LogP contribution in [0.15, 0.2) is 47.6 Å². The third kappa shape index (κ3) is 3.38. The van der Waals surface area contributed by atoms with Crippen LogP contribution >= 0.6 is 0 Å². The lowest BCUT2D eigenvalue weighted by molar-refractivity contribution is 1.25. The van der Waals surface area contributed by atoms with E-state index in [1.54, 1.807) is 0 Å². The lowest BCUT2D eigenvalue weighted by Gasteiger charge is -1.78. The Morgan fingerprint density at radius 2 is 1.25 bits per heavy atom. The standard InChI is InChI=1S/2C6H8/c2*1-6-4-2-3-5-6/h2*2-4H,5H2,1H3. The SMILES string of the molecule is CC1=CC=CC1.CC1=CC=CC1. The molecule has 0 aliphatic heterocycles. The summed E-state index contributed by atoms with van der Waals surface area (Å²) >= 11 is 0. The minimum absolute atomic E-state index is 1.17. The third-order valence-electron chi connectivity index (χ3n) is 1.91. The Bertz CT molecular complexity index is 221. The minimum Gasteiger partial charge on any atom is -0.0805 e. The zero-order valence-electron chi connectivity index (χ0n) is 7.88. The quantitative estimate of drug-likeness (QED) is 0.506. The molecule has 2 aliphatic rings. The van der Waals surface area contributed by atoms with Gasteiger partial charge in [0.05, 0.1) is 0 Å². The van der Waals surface area contributed by atoms with Gasteiger partial charge in [-0.05, 0) is 26.7 Å². The highest BCUT2D eigenvalue weighted by molar-refractivity contribution is 5.21. The van der Waals surface area contributed by atoms with E-state index in [9.17, 15) is 0 Å². The molecule has 64 valence electrons. The molecule has 0 unspecified atom stereocenters. The van der Waals surface area contributed by atoms with E-state index >= 15 is 0 Å². The fourth-order valence-electron chi connectivity index (χ4n) is 1.11. The van der Waals surface area contributed by atoms with Crippen LogP contribution < -0.4 is 0 Å². The van der Waals surface area contributed by atoms with Gasteiger partial charge in [0, 0.05) is 0 Å².